The topological polar surface area (TPSA) is 58.2 Å². The van der Waals surface area contributed by atoms with Crippen molar-refractivity contribution in [2.24, 2.45) is 16.7 Å². The molecule has 0 aliphatic heterocycles. The number of hydrogen-bond donors (Lipinski definition) is 2. The molecule has 0 bridgehead atoms. The molecule has 0 aromatic carbocycles. The summed E-state index contributed by atoms with van der Waals surface area (Å²) in [6, 6.07) is 0.406. The van der Waals surface area contributed by atoms with Crippen LogP contribution in [0.25, 0.3) is 0 Å². The van der Waals surface area contributed by atoms with Gasteiger partial charge in [0.25, 0.3) is 0 Å². The van der Waals surface area contributed by atoms with E-state index < -0.39 is 10.0 Å². The molecule has 1 fully saturated rings. The van der Waals surface area contributed by atoms with Gasteiger partial charge in [-0.05, 0) is 29.7 Å². The van der Waals surface area contributed by atoms with Gasteiger partial charge in [0.15, 0.2) is 0 Å². The van der Waals surface area contributed by atoms with Crippen LogP contribution in [0.5, 0.6) is 0 Å². The first-order valence-corrected chi connectivity index (χ1v) is 8.86. The first-order chi connectivity index (χ1) is 8.51. The van der Waals surface area contributed by atoms with E-state index in [0.29, 0.717) is 24.9 Å². The Bertz CT molecular complexity index is 386. The van der Waals surface area contributed by atoms with Gasteiger partial charge in [-0.1, -0.05) is 41.5 Å². The van der Waals surface area contributed by atoms with E-state index in [9.17, 15) is 8.42 Å². The fourth-order valence-electron chi connectivity index (χ4n) is 2.78. The van der Waals surface area contributed by atoms with E-state index in [0.717, 1.165) is 6.54 Å². The Hall–Kier alpha value is -0.130. The summed E-state index contributed by atoms with van der Waals surface area (Å²) in [5.74, 6) is 0.642. The van der Waals surface area contributed by atoms with E-state index in [-0.39, 0.29) is 16.6 Å². The standard InChI is InChI=1S/C14H30N2O2S/c1-11(2)15-8-7-9-19(17,18)16-10-12-13(3,4)14(12,5)6/h11-12,15-16H,7-10H2,1-6H3. The third kappa shape index (κ3) is 4.17. The zero-order chi connectivity index (χ0) is 14.9. The minimum absolute atomic E-state index is 0.209. The molecule has 5 heteroatoms. The summed E-state index contributed by atoms with van der Waals surface area (Å²) < 4.78 is 26.5. The smallest absolute Gasteiger partial charge is 0.211 e. The predicted molar refractivity (Wildman–Crippen MR) is 80.6 cm³/mol. The average Bonchev–Trinajstić information content (AvgIpc) is 2.62. The minimum atomic E-state index is -3.12. The molecule has 1 aliphatic rings. The van der Waals surface area contributed by atoms with Crippen LogP contribution in [0.3, 0.4) is 0 Å². The van der Waals surface area contributed by atoms with Crippen molar-refractivity contribution in [3.8, 4) is 0 Å². The summed E-state index contributed by atoms with van der Waals surface area (Å²) in [5.41, 5.74) is 0.462. The molecule has 0 unspecified atom stereocenters. The van der Waals surface area contributed by atoms with Crippen molar-refractivity contribution < 1.29 is 8.42 Å². The first-order valence-electron chi connectivity index (χ1n) is 7.21. The molecule has 1 aliphatic carbocycles. The van der Waals surface area contributed by atoms with Crippen LogP contribution >= 0.6 is 0 Å². The molecular weight excluding hydrogens is 260 g/mol. The van der Waals surface area contributed by atoms with Gasteiger partial charge >= 0.3 is 0 Å². The minimum Gasteiger partial charge on any atom is -0.314 e. The van der Waals surface area contributed by atoms with Gasteiger partial charge in [0.1, 0.15) is 0 Å². The van der Waals surface area contributed by atoms with Gasteiger partial charge in [-0.2, -0.15) is 0 Å². The first kappa shape index (κ1) is 16.9. The van der Waals surface area contributed by atoms with E-state index in [1.165, 1.54) is 0 Å². The zero-order valence-corrected chi connectivity index (χ0v) is 14.0. The second kappa shape index (κ2) is 5.70. The Kier molecular flexibility index (Phi) is 5.08. The van der Waals surface area contributed by atoms with Crippen LogP contribution in [-0.2, 0) is 10.0 Å². The van der Waals surface area contributed by atoms with Crippen molar-refractivity contribution in [1.29, 1.82) is 0 Å². The summed E-state index contributed by atoms with van der Waals surface area (Å²) >= 11 is 0. The molecule has 0 aromatic rings. The lowest BCUT2D eigenvalue weighted by Crippen LogP contribution is -2.32. The SMILES string of the molecule is CC(C)NCCCS(=O)(=O)NCC1C(C)(C)C1(C)C. The third-order valence-corrected chi connectivity index (χ3v) is 6.40. The van der Waals surface area contributed by atoms with Crippen molar-refractivity contribution >= 4 is 10.0 Å². The van der Waals surface area contributed by atoms with Crippen LogP contribution in [0.1, 0.15) is 48.0 Å². The van der Waals surface area contributed by atoms with Crippen molar-refractivity contribution in [2.75, 3.05) is 18.8 Å². The Balaban J connectivity index is 2.29. The number of hydrogen-bond acceptors (Lipinski definition) is 3. The molecular formula is C14H30N2O2S. The van der Waals surface area contributed by atoms with Gasteiger partial charge in [-0.25, -0.2) is 13.1 Å². The molecule has 4 nitrogen and oxygen atoms in total. The lowest BCUT2D eigenvalue weighted by Gasteiger charge is -2.10. The summed E-state index contributed by atoms with van der Waals surface area (Å²) in [5, 5.41) is 3.23. The van der Waals surface area contributed by atoms with Crippen molar-refractivity contribution in [1.82, 2.24) is 10.0 Å². The molecule has 0 saturated heterocycles. The molecule has 114 valence electrons. The van der Waals surface area contributed by atoms with Gasteiger partial charge in [0, 0.05) is 12.6 Å². The lowest BCUT2D eigenvalue weighted by atomic mass is 10.0. The Morgan fingerprint density at radius 2 is 1.63 bits per heavy atom. The molecule has 0 amide bonds. The number of nitrogens with one attached hydrogen (secondary N) is 2. The molecule has 0 aromatic heterocycles. The van der Waals surface area contributed by atoms with Crippen LogP contribution in [0.4, 0.5) is 0 Å². The summed E-state index contributed by atoms with van der Waals surface area (Å²) in [6.07, 6.45) is 0.658. The second-order valence-electron chi connectivity index (χ2n) is 7.13. The van der Waals surface area contributed by atoms with Crippen molar-refractivity contribution in [2.45, 2.75) is 54.0 Å². The highest BCUT2D eigenvalue weighted by Crippen LogP contribution is 2.67. The van der Waals surface area contributed by atoms with Gasteiger partial charge in [0.2, 0.25) is 10.0 Å². The molecule has 2 N–H and O–H groups in total. The maximum absolute atomic E-state index is 11.9. The molecule has 0 radical (unpaired) electrons. The van der Waals surface area contributed by atoms with Crippen LogP contribution in [-0.4, -0.2) is 33.3 Å². The monoisotopic (exact) mass is 290 g/mol. The van der Waals surface area contributed by atoms with Crippen LogP contribution in [0.2, 0.25) is 0 Å². The fraction of sp³-hybridized carbons (Fsp3) is 1.00. The van der Waals surface area contributed by atoms with Crippen LogP contribution in [0.15, 0.2) is 0 Å². The van der Waals surface area contributed by atoms with Crippen LogP contribution in [0, 0.1) is 16.7 Å². The fourth-order valence-corrected chi connectivity index (χ4v) is 3.87. The third-order valence-electron chi connectivity index (χ3n) is 4.97. The predicted octanol–water partition coefficient (Wildman–Crippen LogP) is 1.98. The van der Waals surface area contributed by atoms with E-state index in [1.54, 1.807) is 0 Å². The van der Waals surface area contributed by atoms with Crippen molar-refractivity contribution in [3.63, 3.8) is 0 Å². The number of rotatable bonds is 8. The molecule has 0 heterocycles. The lowest BCUT2D eigenvalue weighted by molar-refractivity contribution is 0.457. The summed E-state index contributed by atoms with van der Waals surface area (Å²) in [7, 11) is -3.12. The molecule has 0 atom stereocenters. The normalized spacial score (nSPS) is 21.8. The highest BCUT2D eigenvalue weighted by molar-refractivity contribution is 7.89. The van der Waals surface area contributed by atoms with E-state index in [2.05, 4.69) is 51.6 Å². The van der Waals surface area contributed by atoms with E-state index in [1.807, 2.05) is 0 Å². The van der Waals surface area contributed by atoms with Crippen molar-refractivity contribution in [3.05, 3.63) is 0 Å². The molecule has 1 rings (SSSR count). The Morgan fingerprint density at radius 1 is 1.11 bits per heavy atom. The Morgan fingerprint density at radius 3 is 2.05 bits per heavy atom. The Labute approximate surface area is 118 Å². The number of sulfonamides is 1. The van der Waals surface area contributed by atoms with E-state index in [4.69, 9.17) is 0 Å². The largest absolute Gasteiger partial charge is 0.314 e. The van der Waals surface area contributed by atoms with Gasteiger partial charge in [-0.15, -0.1) is 0 Å². The molecule has 0 spiro atoms. The highest BCUT2D eigenvalue weighted by atomic mass is 32.2. The average molecular weight is 290 g/mol. The highest BCUT2D eigenvalue weighted by Gasteiger charge is 2.64. The van der Waals surface area contributed by atoms with E-state index >= 15 is 0 Å². The molecule has 1 saturated carbocycles. The van der Waals surface area contributed by atoms with Gasteiger partial charge in [0.05, 0.1) is 5.75 Å². The summed E-state index contributed by atoms with van der Waals surface area (Å²) in [4.78, 5) is 0. The zero-order valence-electron chi connectivity index (χ0n) is 13.2. The maximum atomic E-state index is 11.9. The quantitative estimate of drug-likeness (QED) is 0.672. The second-order valence-corrected chi connectivity index (χ2v) is 9.05. The maximum Gasteiger partial charge on any atom is 0.211 e. The molecule has 19 heavy (non-hydrogen) atoms. The van der Waals surface area contributed by atoms with Gasteiger partial charge < -0.3 is 5.32 Å². The van der Waals surface area contributed by atoms with Crippen LogP contribution < -0.4 is 10.0 Å². The van der Waals surface area contributed by atoms with Gasteiger partial charge in [-0.3, -0.25) is 0 Å². The summed E-state index contributed by atoms with van der Waals surface area (Å²) in [6.45, 7) is 14.3.